The first-order chi connectivity index (χ1) is 10.1. The van der Waals surface area contributed by atoms with Crippen LogP contribution in [0.1, 0.15) is 56.1 Å². The molecule has 1 aromatic rings. The van der Waals surface area contributed by atoms with Crippen LogP contribution in [0, 0.1) is 13.8 Å². The van der Waals surface area contributed by atoms with Crippen LogP contribution in [0.5, 0.6) is 0 Å². The summed E-state index contributed by atoms with van der Waals surface area (Å²) in [5, 5.41) is 3.82. The Labute approximate surface area is 136 Å². The molecule has 2 aliphatic rings. The van der Waals surface area contributed by atoms with Gasteiger partial charge in [-0.25, -0.2) is 0 Å². The average molecular weight is 352 g/mol. The Bertz CT molecular complexity index is 479. The van der Waals surface area contributed by atoms with Crippen LogP contribution in [0.4, 0.5) is 5.69 Å². The van der Waals surface area contributed by atoms with Gasteiger partial charge in [-0.05, 0) is 62.8 Å². The van der Waals surface area contributed by atoms with Gasteiger partial charge in [0.15, 0.2) is 0 Å². The van der Waals surface area contributed by atoms with E-state index in [-0.39, 0.29) is 5.60 Å². The SMILES string of the molecule is Cc1cc(Br)cc(C)c1NC1CCOC2(CCCCC2)C1. The number of nitrogens with one attached hydrogen (secondary N) is 1. The highest BCUT2D eigenvalue weighted by Crippen LogP contribution is 2.39. The highest BCUT2D eigenvalue weighted by molar-refractivity contribution is 9.10. The van der Waals surface area contributed by atoms with Gasteiger partial charge >= 0.3 is 0 Å². The first-order valence-electron chi connectivity index (χ1n) is 8.25. The highest BCUT2D eigenvalue weighted by atomic mass is 79.9. The molecule has 2 fully saturated rings. The first-order valence-corrected chi connectivity index (χ1v) is 9.05. The van der Waals surface area contributed by atoms with E-state index in [1.807, 2.05) is 0 Å². The smallest absolute Gasteiger partial charge is 0.0702 e. The summed E-state index contributed by atoms with van der Waals surface area (Å²) in [6, 6.07) is 4.95. The van der Waals surface area contributed by atoms with Crippen molar-refractivity contribution in [3.8, 4) is 0 Å². The molecule has 1 aliphatic carbocycles. The maximum absolute atomic E-state index is 6.21. The average Bonchev–Trinajstić information content (AvgIpc) is 2.44. The molecule has 0 radical (unpaired) electrons. The summed E-state index contributed by atoms with van der Waals surface area (Å²) >= 11 is 3.58. The second kappa shape index (κ2) is 6.29. The quantitative estimate of drug-likeness (QED) is 0.774. The van der Waals surface area contributed by atoms with Crippen molar-refractivity contribution in [2.45, 2.75) is 70.4 Å². The van der Waals surface area contributed by atoms with Crippen LogP contribution in [0.3, 0.4) is 0 Å². The molecule has 1 N–H and O–H groups in total. The molecule has 3 heteroatoms. The summed E-state index contributed by atoms with van der Waals surface area (Å²) in [5.74, 6) is 0. The fraction of sp³-hybridized carbons (Fsp3) is 0.667. The second-order valence-electron chi connectivity index (χ2n) is 6.84. The summed E-state index contributed by atoms with van der Waals surface area (Å²) in [5.41, 5.74) is 4.14. The standard InChI is InChI=1S/C18H26BrNO/c1-13-10-15(19)11-14(2)17(13)20-16-6-9-21-18(12-16)7-4-3-5-8-18/h10-11,16,20H,3-9,12H2,1-2H3. The van der Waals surface area contributed by atoms with Gasteiger partial charge in [0.2, 0.25) is 0 Å². The summed E-state index contributed by atoms with van der Waals surface area (Å²) in [6.07, 6.45) is 8.85. The van der Waals surface area contributed by atoms with Crippen LogP contribution in [0.25, 0.3) is 0 Å². The summed E-state index contributed by atoms with van der Waals surface area (Å²) < 4.78 is 7.37. The first kappa shape index (κ1) is 15.4. The third kappa shape index (κ3) is 3.45. The minimum absolute atomic E-state index is 0.172. The van der Waals surface area contributed by atoms with Gasteiger partial charge in [-0.2, -0.15) is 0 Å². The Kier molecular flexibility index (Phi) is 4.60. The third-order valence-corrected chi connectivity index (χ3v) is 5.56. The van der Waals surface area contributed by atoms with Gasteiger partial charge in [-0.3, -0.25) is 0 Å². The van der Waals surface area contributed by atoms with Crippen molar-refractivity contribution in [3.63, 3.8) is 0 Å². The van der Waals surface area contributed by atoms with E-state index in [0.29, 0.717) is 6.04 Å². The monoisotopic (exact) mass is 351 g/mol. The van der Waals surface area contributed by atoms with Gasteiger partial charge in [-0.1, -0.05) is 35.2 Å². The number of ether oxygens (including phenoxy) is 1. The van der Waals surface area contributed by atoms with Crippen molar-refractivity contribution in [1.29, 1.82) is 0 Å². The number of anilines is 1. The predicted octanol–water partition coefficient (Wildman–Crippen LogP) is 5.36. The van der Waals surface area contributed by atoms with Crippen LogP contribution in [-0.4, -0.2) is 18.2 Å². The molecule has 1 saturated heterocycles. The molecule has 1 unspecified atom stereocenters. The minimum Gasteiger partial charge on any atom is -0.382 e. The highest BCUT2D eigenvalue weighted by Gasteiger charge is 2.38. The Hall–Kier alpha value is -0.540. The molecule has 0 aromatic heterocycles. The maximum atomic E-state index is 6.21. The summed E-state index contributed by atoms with van der Waals surface area (Å²) in [4.78, 5) is 0. The molecule has 1 atom stereocenters. The van der Waals surface area contributed by atoms with Gasteiger partial charge < -0.3 is 10.1 Å². The number of hydrogen-bond donors (Lipinski definition) is 1. The largest absolute Gasteiger partial charge is 0.382 e. The molecule has 1 saturated carbocycles. The Morgan fingerprint density at radius 1 is 1.14 bits per heavy atom. The third-order valence-electron chi connectivity index (χ3n) is 5.10. The van der Waals surface area contributed by atoms with E-state index < -0.39 is 0 Å². The fourth-order valence-corrected chi connectivity index (χ4v) is 4.72. The molecule has 21 heavy (non-hydrogen) atoms. The van der Waals surface area contributed by atoms with Gasteiger partial charge in [-0.15, -0.1) is 0 Å². The van der Waals surface area contributed by atoms with Crippen molar-refractivity contribution >= 4 is 21.6 Å². The molecule has 3 rings (SSSR count). The topological polar surface area (TPSA) is 21.3 Å². The van der Waals surface area contributed by atoms with Crippen LogP contribution < -0.4 is 5.32 Å². The van der Waals surface area contributed by atoms with Crippen molar-refractivity contribution < 1.29 is 4.74 Å². The summed E-state index contributed by atoms with van der Waals surface area (Å²) in [6.45, 7) is 5.29. The van der Waals surface area contributed by atoms with E-state index in [2.05, 4.69) is 47.2 Å². The molecule has 1 heterocycles. The summed E-state index contributed by atoms with van der Waals surface area (Å²) in [7, 11) is 0. The Morgan fingerprint density at radius 2 is 1.81 bits per heavy atom. The van der Waals surface area contributed by atoms with E-state index in [4.69, 9.17) is 4.74 Å². The van der Waals surface area contributed by atoms with Gasteiger partial charge in [0.05, 0.1) is 5.60 Å². The van der Waals surface area contributed by atoms with E-state index in [0.717, 1.165) is 13.0 Å². The van der Waals surface area contributed by atoms with Crippen molar-refractivity contribution in [1.82, 2.24) is 0 Å². The van der Waals surface area contributed by atoms with Crippen molar-refractivity contribution in [2.24, 2.45) is 0 Å². The zero-order valence-corrected chi connectivity index (χ0v) is 14.8. The van der Waals surface area contributed by atoms with E-state index in [1.165, 1.54) is 59.8 Å². The number of benzene rings is 1. The molecule has 1 aliphatic heterocycles. The molecular formula is C18H26BrNO. The fourth-order valence-electron chi connectivity index (χ4n) is 4.04. The molecule has 0 bridgehead atoms. The van der Waals surface area contributed by atoms with E-state index >= 15 is 0 Å². The van der Waals surface area contributed by atoms with Gasteiger partial charge in [0.25, 0.3) is 0 Å². The lowest BCUT2D eigenvalue weighted by Crippen LogP contribution is -2.45. The van der Waals surface area contributed by atoms with Gasteiger partial charge in [0.1, 0.15) is 0 Å². The normalized spacial score (nSPS) is 25.0. The van der Waals surface area contributed by atoms with Crippen molar-refractivity contribution in [3.05, 3.63) is 27.7 Å². The maximum Gasteiger partial charge on any atom is 0.0702 e. The molecule has 116 valence electrons. The minimum atomic E-state index is 0.172. The Morgan fingerprint density at radius 3 is 2.48 bits per heavy atom. The van der Waals surface area contributed by atoms with E-state index in [9.17, 15) is 0 Å². The van der Waals surface area contributed by atoms with Crippen LogP contribution in [0.2, 0.25) is 0 Å². The Balaban J connectivity index is 1.73. The lowest BCUT2D eigenvalue weighted by atomic mass is 9.78. The number of hydrogen-bond acceptors (Lipinski definition) is 2. The number of aryl methyl sites for hydroxylation is 2. The van der Waals surface area contributed by atoms with Crippen molar-refractivity contribution in [2.75, 3.05) is 11.9 Å². The lowest BCUT2D eigenvalue weighted by molar-refractivity contribution is -0.103. The number of halogens is 1. The van der Waals surface area contributed by atoms with Crippen LogP contribution in [-0.2, 0) is 4.74 Å². The molecular weight excluding hydrogens is 326 g/mol. The molecule has 1 spiro atoms. The predicted molar refractivity (Wildman–Crippen MR) is 92.0 cm³/mol. The molecule has 1 aromatic carbocycles. The van der Waals surface area contributed by atoms with E-state index in [1.54, 1.807) is 0 Å². The lowest BCUT2D eigenvalue weighted by Gasteiger charge is -2.44. The number of rotatable bonds is 2. The van der Waals surface area contributed by atoms with Crippen LogP contribution in [0.15, 0.2) is 16.6 Å². The zero-order chi connectivity index (χ0) is 14.9. The molecule has 2 nitrogen and oxygen atoms in total. The molecule has 0 amide bonds. The van der Waals surface area contributed by atoms with Crippen LogP contribution >= 0.6 is 15.9 Å². The zero-order valence-electron chi connectivity index (χ0n) is 13.2. The van der Waals surface area contributed by atoms with Gasteiger partial charge in [0, 0.05) is 22.8 Å². The second-order valence-corrected chi connectivity index (χ2v) is 7.76.